The van der Waals surface area contributed by atoms with Gasteiger partial charge < -0.3 is 10.1 Å². The number of hydrogen-bond acceptors (Lipinski definition) is 2. The van der Waals surface area contributed by atoms with Gasteiger partial charge in [0.05, 0.1) is 12.7 Å². The van der Waals surface area contributed by atoms with Gasteiger partial charge in [-0.05, 0) is 37.5 Å². The first-order valence-electron chi connectivity index (χ1n) is 8.10. The lowest BCUT2D eigenvalue weighted by atomic mass is 9.80. The van der Waals surface area contributed by atoms with Crippen LogP contribution >= 0.6 is 0 Å². The first-order chi connectivity index (χ1) is 8.75. The van der Waals surface area contributed by atoms with Crippen LogP contribution in [0.5, 0.6) is 0 Å². The summed E-state index contributed by atoms with van der Waals surface area (Å²) in [6.45, 7) is 6.73. The van der Waals surface area contributed by atoms with E-state index in [9.17, 15) is 0 Å². The summed E-state index contributed by atoms with van der Waals surface area (Å²) in [6, 6.07) is 0.726. The third-order valence-electron chi connectivity index (χ3n) is 4.87. The number of ether oxygens (including phenoxy) is 1. The van der Waals surface area contributed by atoms with Crippen LogP contribution in [0, 0.1) is 11.8 Å². The molecule has 0 radical (unpaired) electrons. The van der Waals surface area contributed by atoms with Crippen LogP contribution in [0.15, 0.2) is 0 Å². The monoisotopic (exact) mass is 253 g/mol. The molecule has 2 heteroatoms. The highest BCUT2D eigenvalue weighted by Crippen LogP contribution is 2.28. The normalized spacial score (nSPS) is 34.7. The third kappa shape index (κ3) is 4.55. The Morgan fingerprint density at radius 3 is 2.56 bits per heavy atom. The predicted molar refractivity (Wildman–Crippen MR) is 76.8 cm³/mol. The minimum atomic E-state index is 0.559. The molecule has 3 unspecified atom stereocenters. The molecule has 18 heavy (non-hydrogen) atoms. The molecule has 2 aliphatic rings. The van der Waals surface area contributed by atoms with Crippen molar-refractivity contribution >= 4 is 0 Å². The fourth-order valence-electron chi connectivity index (χ4n) is 3.52. The molecule has 2 fully saturated rings. The van der Waals surface area contributed by atoms with Crippen molar-refractivity contribution in [1.29, 1.82) is 0 Å². The minimum Gasteiger partial charge on any atom is -0.377 e. The van der Waals surface area contributed by atoms with Crippen LogP contribution in [0.1, 0.15) is 65.2 Å². The topological polar surface area (TPSA) is 21.3 Å². The van der Waals surface area contributed by atoms with Crippen molar-refractivity contribution in [1.82, 2.24) is 5.32 Å². The molecule has 0 aromatic carbocycles. The van der Waals surface area contributed by atoms with Gasteiger partial charge >= 0.3 is 0 Å². The average Bonchev–Trinajstić information content (AvgIpc) is 2.40. The van der Waals surface area contributed by atoms with Crippen molar-refractivity contribution in [2.45, 2.75) is 77.4 Å². The second kappa shape index (κ2) is 7.49. The van der Waals surface area contributed by atoms with Crippen molar-refractivity contribution in [3.63, 3.8) is 0 Å². The number of rotatable bonds is 5. The van der Waals surface area contributed by atoms with Gasteiger partial charge in [-0.3, -0.25) is 0 Å². The summed E-state index contributed by atoms with van der Waals surface area (Å²) >= 11 is 0. The molecule has 2 saturated carbocycles. The summed E-state index contributed by atoms with van der Waals surface area (Å²) in [7, 11) is 0. The maximum atomic E-state index is 5.97. The van der Waals surface area contributed by atoms with E-state index < -0.39 is 0 Å². The highest BCUT2D eigenvalue weighted by atomic mass is 16.5. The summed E-state index contributed by atoms with van der Waals surface area (Å²) in [5.74, 6) is 1.74. The van der Waals surface area contributed by atoms with Gasteiger partial charge in [-0.2, -0.15) is 0 Å². The smallest absolute Gasteiger partial charge is 0.0594 e. The van der Waals surface area contributed by atoms with E-state index in [1.165, 1.54) is 51.4 Å². The molecule has 2 aliphatic carbocycles. The summed E-state index contributed by atoms with van der Waals surface area (Å²) in [5, 5.41) is 3.72. The van der Waals surface area contributed by atoms with E-state index in [0.29, 0.717) is 6.10 Å². The summed E-state index contributed by atoms with van der Waals surface area (Å²) in [5.41, 5.74) is 0. The summed E-state index contributed by atoms with van der Waals surface area (Å²) < 4.78 is 5.97. The van der Waals surface area contributed by atoms with E-state index >= 15 is 0 Å². The SMILES string of the molecule is CC1CCC(C)C(NCCOC2CCCCC2)C1. The van der Waals surface area contributed by atoms with E-state index in [2.05, 4.69) is 19.2 Å². The molecule has 0 saturated heterocycles. The highest BCUT2D eigenvalue weighted by Gasteiger charge is 2.24. The number of hydrogen-bond donors (Lipinski definition) is 1. The van der Waals surface area contributed by atoms with Crippen molar-refractivity contribution in [3.05, 3.63) is 0 Å². The molecule has 2 nitrogen and oxygen atoms in total. The molecule has 3 atom stereocenters. The van der Waals surface area contributed by atoms with Gasteiger partial charge in [0.15, 0.2) is 0 Å². The average molecular weight is 253 g/mol. The lowest BCUT2D eigenvalue weighted by molar-refractivity contribution is 0.0277. The molecule has 0 bridgehead atoms. The molecule has 0 aromatic rings. The molecule has 2 rings (SSSR count). The molecule has 0 aromatic heterocycles. The zero-order valence-corrected chi connectivity index (χ0v) is 12.3. The van der Waals surface area contributed by atoms with Crippen molar-refractivity contribution in [3.8, 4) is 0 Å². The maximum Gasteiger partial charge on any atom is 0.0594 e. The first-order valence-corrected chi connectivity index (χ1v) is 8.10. The quantitative estimate of drug-likeness (QED) is 0.753. The van der Waals surface area contributed by atoms with Crippen LogP contribution in [0.4, 0.5) is 0 Å². The molecule has 1 N–H and O–H groups in total. The van der Waals surface area contributed by atoms with Crippen LogP contribution in [0.2, 0.25) is 0 Å². The Kier molecular flexibility index (Phi) is 5.97. The van der Waals surface area contributed by atoms with E-state index in [0.717, 1.165) is 31.0 Å². The zero-order valence-electron chi connectivity index (χ0n) is 12.3. The summed E-state index contributed by atoms with van der Waals surface area (Å²) in [4.78, 5) is 0. The third-order valence-corrected chi connectivity index (χ3v) is 4.87. The lowest BCUT2D eigenvalue weighted by Crippen LogP contribution is -2.41. The van der Waals surface area contributed by atoms with E-state index in [-0.39, 0.29) is 0 Å². The van der Waals surface area contributed by atoms with E-state index in [1.54, 1.807) is 0 Å². The van der Waals surface area contributed by atoms with Crippen molar-refractivity contribution in [2.75, 3.05) is 13.2 Å². The van der Waals surface area contributed by atoms with Crippen molar-refractivity contribution < 1.29 is 4.74 Å². The highest BCUT2D eigenvalue weighted by molar-refractivity contribution is 4.81. The largest absolute Gasteiger partial charge is 0.377 e. The van der Waals surface area contributed by atoms with Gasteiger partial charge in [-0.15, -0.1) is 0 Å². The molecule has 0 aliphatic heterocycles. The Morgan fingerprint density at radius 1 is 1.00 bits per heavy atom. The van der Waals surface area contributed by atoms with Crippen LogP contribution in [-0.2, 0) is 4.74 Å². The van der Waals surface area contributed by atoms with E-state index in [4.69, 9.17) is 4.74 Å². The zero-order chi connectivity index (χ0) is 12.8. The standard InChI is InChI=1S/C16H31NO/c1-13-8-9-14(2)16(12-13)17-10-11-18-15-6-4-3-5-7-15/h13-17H,3-12H2,1-2H3. The Labute approximate surface area is 113 Å². The molecular weight excluding hydrogens is 222 g/mol. The molecule has 106 valence electrons. The van der Waals surface area contributed by atoms with Gasteiger partial charge in [0.1, 0.15) is 0 Å². The fraction of sp³-hybridized carbons (Fsp3) is 1.00. The minimum absolute atomic E-state index is 0.559. The van der Waals surface area contributed by atoms with E-state index in [1.807, 2.05) is 0 Å². The Balaban J connectivity index is 1.56. The molecule has 0 heterocycles. The van der Waals surface area contributed by atoms with Gasteiger partial charge in [-0.25, -0.2) is 0 Å². The van der Waals surface area contributed by atoms with Crippen molar-refractivity contribution in [2.24, 2.45) is 11.8 Å². The molecule has 0 spiro atoms. The number of nitrogens with one attached hydrogen (secondary N) is 1. The summed E-state index contributed by atoms with van der Waals surface area (Å²) in [6.07, 6.45) is 11.4. The Hall–Kier alpha value is -0.0800. The van der Waals surface area contributed by atoms with Crippen LogP contribution < -0.4 is 5.32 Å². The molecular formula is C16H31NO. The van der Waals surface area contributed by atoms with Crippen LogP contribution in [-0.4, -0.2) is 25.3 Å². The van der Waals surface area contributed by atoms with Gasteiger partial charge in [-0.1, -0.05) is 39.5 Å². The maximum absolute atomic E-state index is 5.97. The Bertz CT molecular complexity index is 225. The van der Waals surface area contributed by atoms with Gasteiger partial charge in [0.2, 0.25) is 0 Å². The Morgan fingerprint density at radius 2 is 1.78 bits per heavy atom. The second-order valence-electron chi connectivity index (χ2n) is 6.59. The van der Waals surface area contributed by atoms with Gasteiger partial charge in [0, 0.05) is 12.6 Å². The lowest BCUT2D eigenvalue weighted by Gasteiger charge is -2.33. The first kappa shape index (κ1) is 14.3. The fourth-order valence-corrected chi connectivity index (χ4v) is 3.52. The van der Waals surface area contributed by atoms with Crippen LogP contribution in [0.25, 0.3) is 0 Å². The second-order valence-corrected chi connectivity index (χ2v) is 6.59. The van der Waals surface area contributed by atoms with Crippen LogP contribution in [0.3, 0.4) is 0 Å². The predicted octanol–water partition coefficient (Wildman–Crippen LogP) is 3.75. The van der Waals surface area contributed by atoms with Gasteiger partial charge in [0.25, 0.3) is 0 Å². The molecule has 0 amide bonds.